The van der Waals surface area contributed by atoms with Gasteiger partial charge in [0, 0.05) is 31.9 Å². The van der Waals surface area contributed by atoms with E-state index in [1.165, 1.54) is 0 Å². The highest BCUT2D eigenvalue weighted by Crippen LogP contribution is 2.46. The molecule has 3 aromatic rings. The summed E-state index contributed by atoms with van der Waals surface area (Å²) in [6.07, 6.45) is 8.98. The standard InChI is InChI=1S/C22H28N8O/c23-17-11-14(31)12-22(17)5-9-29(10-6-22)18-13-25-19-20(26-18)27-28-21(19)30-8-2-3-15-16(30)4-1-7-24-15/h1,4,7,13-14,17,31H,2-3,5-6,8-12,23H2,(H,26,27,28)/t14-,17+/m0/s1. The van der Waals surface area contributed by atoms with Gasteiger partial charge in [-0.3, -0.25) is 10.1 Å². The normalized spacial score (nSPS) is 25.4. The Morgan fingerprint density at radius 3 is 2.87 bits per heavy atom. The topological polar surface area (TPSA) is 120 Å². The summed E-state index contributed by atoms with van der Waals surface area (Å²) in [7, 11) is 0. The van der Waals surface area contributed by atoms with Gasteiger partial charge in [0.25, 0.3) is 0 Å². The molecule has 1 aliphatic carbocycles. The number of nitrogens with two attached hydrogens (primary N) is 1. The summed E-state index contributed by atoms with van der Waals surface area (Å²) in [6, 6.07) is 4.15. The molecular weight excluding hydrogens is 392 g/mol. The van der Waals surface area contributed by atoms with Crippen molar-refractivity contribution in [2.45, 2.75) is 50.7 Å². The van der Waals surface area contributed by atoms with Gasteiger partial charge in [-0.25, -0.2) is 9.97 Å². The van der Waals surface area contributed by atoms with E-state index >= 15 is 0 Å². The number of aryl methyl sites for hydroxylation is 1. The number of hydrogen-bond donors (Lipinski definition) is 3. The fraction of sp³-hybridized carbons (Fsp3) is 0.545. The van der Waals surface area contributed by atoms with Crippen LogP contribution in [0.2, 0.25) is 0 Å². The predicted molar refractivity (Wildman–Crippen MR) is 118 cm³/mol. The number of piperidine rings is 1. The number of aliphatic hydroxyl groups is 1. The first-order chi connectivity index (χ1) is 15.1. The molecule has 0 amide bonds. The lowest BCUT2D eigenvalue weighted by Gasteiger charge is -2.42. The maximum Gasteiger partial charge on any atom is 0.183 e. The molecule has 9 heteroatoms. The maximum absolute atomic E-state index is 10.1. The highest BCUT2D eigenvalue weighted by atomic mass is 16.3. The zero-order chi connectivity index (χ0) is 21.0. The Labute approximate surface area is 180 Å². The summed E-state index contributed by atoms with van der Waals surface area (Å²) >= 11 is 0. The number of aromatic nitrogens is 5. The van der Waals surface area contributed by atoms with E-state index in [0.29, 0.717) is 5.65 Å². The van der Waals surface area contributed by atoms with E-state index in [1.54, 1.807) is 0 Å². The molecule has 2 atom stereocenters. The molecule has 2 fully saturated rings. The number of fused-ring (bicyclic) bond motifs is 2. The third kappa shape index (κ3) is 3.06. The number of H-pyrrole nitrogens is 1. The van der Waals surface area contributed by atoms with Crippen LogP contribution in [0.15, 0.2) is 24.5 Å². The summed E-state index contributed by atoms with van der Waals surface area (Å²) in [5.41, 5.74) is 10.1. The van der Waals surface area contributed by atoms with Gasteiger partial charge in [-0.1, -0.05) is 0 Å². The van der Waals surface area contributed by atoms with Gasteiger partial charge in [-0.15, -0.1) is 0 Å². The summed E-state index contributed by atoms with van der Waals surface area (Å²) in [5, 5.41) is 17.7. The average molecular weight is 421 g/mol. The average Bonchev–Trinajstić information content (AvgIpc) is 3.33. The first kappa shape index (κ1) is 18.9. The Morgan fingerprint density at radius 1 is 1.19 bits per heavy atom. The van der Waals surface area contributed by atoms with Crippen LogP contribution in [-0.4, -0.2) is 62.0 Å². The van der Waals surface area contributed by atoms with Gasteiger partial charge >= 0.3 is 0 Å². The summed E-state index contributed by atoms with van der Waals surface area (Å²) in [4.78, 5) is 18.6. The van der Waals surface area contributed by atoms with Crippen molar-refractivity contribution < 1.29 is 5.11 Å². The molecule has 3 aliphatic rings. The minimum atomic E-state index is -0.253. The number of pyridine rings is 1. The second-order valence-electron chi connectivity index (χ2n) is 9.25. The Morgan fingerprint density at radius 2 is 2.06 bits per heavy atom. The van der Waals surface area contributed by atoms with Crippen molar-refractivity contribution in [1.82, 2.24) is 25.1 Å². The number of nitrogens with zero attached hydrogens (tertiary/aromatic N) is 6. The first-order valence-corrected chi connectivity index (χ1v) is 11.2. The van der Waals surface area contributed by atoms with Gasteiger partial charge < -0.3 is 20.6 Å². The molecule has 4 N–H and O–H groups in total. The van der Waals surface area contributed by atoms with E-state index in [-0.39, 0.29) is 17.6 Å². The van der Waals surface area contributed by atoms with Gasteiger partial charge in [0.15, 0.2) is 17.0 Å². The van der Waals surface area contributed by atoms with Gasteiger partial charge in [-0.2, -0.15) is 5.10 Å². The van der Waals surface area contributed by atoms with Crippen LogP contribution in [0.3, 0.4) is 0 Å². The number of aliphatic hydroxyl groups excluding tert-OH is 1. The monoisotopic (exact) mass is 420 g/mol. The van der Waals surface area contributed by atoms with E-state index in [4.69, 9.17) is 15.7 Å². The molecule has 1 spiro atoms. The molecule has 0 aromatic carbocycles. The lowest BCUT2D eigenvalue weighted by molar-refractivity contribution is 0.141. The van der Waals surface area contributed by atoms with Crippen molar-refractivity contribution in [3.63, 3.8) is 0 Å². The lowest BCUT2D eigenvalue weighted by atomic mass is 9.74. The number of nitrogens with one attached hydrogen (secondary N) is 1. The minimum absolute atomic E-state index is 0.0737. The van der Waals surface area contributed by atoms with Gasteiger partial charge in [0.05, 0.1) is 23.7 Å². The summed E-state index contributed by atoms with van der Waals surface area (Å²) < 4.78 is 0. The first-order valence-electron chi connectivity index (χ1n) is 11.2. The van der Waals surface area contributed by atoms with Crippen molar-refractivity contribution in [2.24, 2.45) is 11.1 Å². The smallest absolute Gasteiger partial charge is 0.183 e. The van der Waals surface area contributed by atoms with Crippen molar-refractivity contribution in [2.75, 3.05) is 29.4 Å². The second-order valence-corrected chi connectivity index (χ2v) is 9.25. The van der Waals surface area contributed by atoms with Crippen LogP contribution in [0.4, 0.5) is 17.3 Å². The molecule has 1 saturated carbocycles. The molecule has 1 saturated heterocycles. The SMILES string of the molecule is N[C@@H]1C[C@H](O)CC12CCN(c1cnc3c(N4CCCc5ncccc54)n[nH]c3n1)CC2. The summed E-state index contributed by atoms with van der Waals surface area (Å²) in [6.45, 7) is 2.65. The van der Waals surface area contributed by atoms with Crippen molar-refractivity contribution >= 4 is 28.5 Å². The fourth-order valence-corrected chi connectivity index (χ4v) is 5.74. The third-order valence-corrected chi connectivity index (χ3v) is 7.49. The summed E-state index contributed by atoms with van der Waals surface area (Å²) in [5.74, 6) is 1.68. The maximum atomic E-state index is 10.1. The number of anilines is 3. The molecule has 0 radical (unpaired) electrons. The molecule has 162 valence electrons. The van der Waals surface area contributed by atoms with Gasteiger partial charge in [-0.05, 0) is 56.1 Å². The molecule has 6 rings (SSSR count). The zero-order valence-electron chi connectivity index (χ0n) is 17.5. The number of rotatable bonds is 2. The molecule has 2 aliphatic heterocycles. The second kappa shape index (κ2) is 7.13. The number of aromatic amines is 1. The Kier molecular flexibility index (Phi) is 4.36. The minimum Gasteiger partial charge on any atom is -0.393 e. The quantitative estimate of drug-likeness (QED) is 0.575. The molecule has 0 unspecified atom stereocenters. The van der Waals surface area contributed by atoms with Crippen molar-refractivity contribution in [1.29, 1.82) is 0 Å². The van der Waals surface area contributed by atoms with E-state index < -0.39 is 0 Å². The van der Waals surface area contributed by atoms with Crippen LogP contribution in [0.1, 0.15) is 37.8 Å². The lowest BCUT2D eigenvalue weighted by Crippen LogP contribution is -2.47. The largest absolute Gasteiger partial charge is 0.393 e. The van der Waals surface area contributed by atoms with Crippen LogP contribution in [0.25, 0.3) is 11.2 Å². The Bertz CT molecular complexity index is 1110. The van der Waals surface area contributed by atoms with E-state index in [2.05, 4.69) is 31.0 Å². The fourth-order valence-electron chi connectivity index (χ4n) is 5.74. The van der Waals surface area contributed by atoms with E-state index in [1.807, 2.05) is 18.5 Å². The zero-order valence-corrected chi connectivity index (χ0v) is 17.5. The molecule has 0 bridgehead atoms. The van der Waals surface area contributed by atoms with Crippen molar-refractivity contribution in [3.05, 3.63) is 30.2 Å². The molecule has 9 nitrogen and oxygen atoms in total. The van der Waals surface area contributed by atoms with Gasteiger partial charge in [0.1, 0.15) is 5.82 Å². The van der Waals surface area contributed by atoms with Crippen LogP contribution < -0.4 is 15.5 Å². The Hall–Kier alpha value is -2.78. The highest BCUT2D eigenvalue weighted by Gasteiger charge is 2.46. The van der Waals surface area contributed by atoms with Crippen LogP contribution in [-0.2, 0) is 6.42 Å². The highest BCUT2D eigenvalue weighted by molar-refractivity contribution is 5.87. The predicted octanol–water partition coefficient (Wildman–Crippen LogP) is 1.90. The number of hydrogen-bond acceptors (Lipinski definition) is 8. The van der Waals surface area contributed by atoms with E-state index in [9.17, 15) is 5.11 Å². The molecule has 5 heterocycles. The van der Waals surface area contributed by atoms with Crippen molar-refractivity contribution in [3.8, 4) is 0 Å². The molecule has 3 aromatic heterocycles. The third-order valence-electron chi connectivity index (χ3n) is 7.49. The molecular formula is C22H28N8O. The van der Waals surface area contributed by atoms with Gasteiger partial charge in [0.2, 0.25) is 0 Å². The van der Waals surface area contributed by atoms with Crippen LogP contribution >= 0.6 is 0 Å². The molecule has 31 heavy (non-hydrogen) atoms. The Balaban J connectivity index is 1.25. The van der Waals surface area contributed by atoms with Crippen LogP contribution in [0.5, 0.6) is 0 Å². The van der Waals surface area contributed by atoms with E-state index in [0.717, 1.165) is 86.7 Å². The van der Waals surface area contributed by atoms with Crippen LogP contribution in [0, 0.1) is 5.41 Å².